The highest BCUT2D eigenvalue weighted by atomic mass is 19.4. The van der Waals surface area contributed by atoms with Gasteiger partial charge in [0.25, 0.3) is 0 Å². The Morgan fingerprint density at radius 3 is 2.34 bits per heavy atom. The van der Waals surface area contributed by atoms with E-state index in [4.69, 9.17) is 4.74 Å². The Morgan fingerprint density at radius 1 is 1.03 bits per heavy atom. The first-order valence-corrected chi connectivity index (χ1v) is 12.8. The van der Waals surface area contributed by atoms with Gasteiger partial charge in [-0.15, -0.1) is 0 Å². The molecule has 1 saturated carbocycles. The second-order valence-electron chi connectivity index (χ2n) is 10.9. The van der Waals surface area contributed by atoms with E-state index < -0.39 is 35.4 Å². The molecule has 2 aromatic rings. The zero-order chi connectivity index (χ0) is 27.4. The van der Waals surface area contributed by atoms with Gasteiger partial charge in [0.1, 0.15) is 11.9 Å². The van der Waals surface area contributed by atoms with Crippen molar-refractivity contribution in [3.05, 3.63) is 64.2 Å². The number of aryl methyl sites for hydroxylation is 1. The molecular weight excluding hydrogens is 512 g/mol. The van der Waals surface area contributed by atoms with E-state index in [-0.39, 0.29) is 30.0 Å². The highest BCUT2D eigenvalue weighted by Gasteiger charge is 2.42. The van der Waals surface area contributed by atoms with Crippen molar-refractivity contribution in [3.8, 4) is 5.75 Å². The number of rotatable bonds is 7. The van der Waals surface area contributed by atoms with Crippen LogP contribution in [-0.4, -0.2) is 35.2 Å². The van der Waals surface area contributed by atoms with Crippen molar-refractivity contribution >= 4 is 5.97 Å². The Hall–Kier alpha value is -2.75. The van der Waals surface area contributed by atoms with Crippen LogP contribution in [0.2, 0.25) is 0 Å². The molecule has 0 spiro atoms. The number of fused-ring (bicyclic) bond motifs is 1. The summed E-state index contributed by atoms with van der Waals surface area (Å²) in [5.74, 6) is -0.325. The first kappa shape index (κ1) is 26.8. The van der Waals surface area contributed by atoms with Gasteiger partial charge >= 0.3 is 18.3 Å². The van der Waals surface area contributed by atoms with Crippen LogP contribution in [0.15, 0.2) is 36.4 Å². The zero-order valence-corrected chi connectivity index (χ0v) is 20.8. The van der Waals surface area contributed by atoms with Crippen molar-refractivity contribution in [1.29, 1.82) is 0 Å². The Labute approximate surface area is 216 Å². The summed E-state index contributed by atoms with van der Waals surface area (Å²) in [4.78, 5) is 13.4. The second kappa shape index (κ2) is 9.77. The molecule has 4 nitrogen and oxygen atoms in total. The standard InChI is InChI=1S/C28H29F6NO3/c1-15(26(36)37)25(17-3-4-17)18-5-2-16-6-9-23(38-24(16)11-18)20-13-35(14-20)12-19-10-21(27(29,30)31)7-8-22(19)28(32,33)34/h2,5,7-8,10-11,15,17,20,23,25H,3-4,6,9,12-14H2,1H3,(H,36,37)/t15-,23-,25-/m0/s1. The van der Waals surface area contributed by atoms with Gasteiger partial charge in [-0.2, -0.15) is 26.3 Å². The molecule has 0 radical (unpaired) electrons. The smallest absolute Gasteiger partial charge is 0.416 e. The van der Waals surface area contributed by atoms with Crippen LogP contribution in [0.4, 0.5) is 26.3 Å². The number of alkyl halides is 6. The lowest BCUT2D eigenvalue weighted by Crippen LogP contribution is -2.53. The Balaban J connectivity index is 1.26. The fourth-order valence-corrected chi connectivity index (χ4v) is 5.92. The number of carboxylic acids is 1. The van der Waals surface area contributed by atoms with Gasteiger partial charge < -0.3 is 9.84 Å². The van der Waals surface area contributed by atoms with Crippen molar-refractivity contribution in [2.45, 2.75) is 63.5 Å². The van der Waals surface area contributed by atoms with E-state index in [2.05, 4.69) is 0 Å². The minimum atomic E-state index is -4.74. The normalized spacial score (nSPS) is 22.2. The Morgan fingerprint density at radius 2 is 1.74 bits per heavy atom. The SMILES string of the molecule is C[C@H](C(=O)O)[C@H](c1ccc2c(c1)O[C@H](C1CN(Cc3cc(C(F)(F)F)ccc3C(F)(F)F)C1)CC2)C1CC1. The van der Waals surface area contributed by atoms with Gasteiger partial charge in [-0.1, -0.05) is 19.1 Å². The quantitative estimate of drug-likeness (QED) is 0.394. The van der Waals surface area contributed by atoms with Crippen LogP contribution < -0.4 is 4.74 Å². The molecule has 1 N–H and O–H groups in total. The summed E-state index contributed by atoms with van der Waals surface area (Å²) >= 11 is 0. The number of halogens is 6. The van der Waals surface area contributed by atoms with Crippen molar-refractivity contribution < 1.29 is 41.0 Å². The molecule has 0 amide bonds. The van der Waals surface area contributed by atoms with Crippen molar-refractivity contribution in [2.75, 3.05) is 13.1 Å². The van der Waals surface area contributed by atoms with Gasteiger partial charge in [0.05, 0.1) is 17.0 Å². The van der Waals surface area contributed by atoms with Gasteiger partial charge in [0.2, 0.25) is 0 Å². The van der Waals surface area contributed by atoms with E-state index in [9.17, 15) is 36.2 Å². The van der Waals surface area contributed by atoms with E-state index in [1.54, 1.807) is 11.8 Å². The van der Waals surface area contributed by atoms with Crippen molar-refractivity contribution in [3.63, 3.8) is 0 Å². The molecule has 1 saturated heterocycles. The molecule has 2 aromatic carbocycles. The molecule has 3 aliphatic rings. The molecule has 1 aliphatic carbocycles. The maximum absolute atomic E-state index is 13.4. The third-order valence-corrected chi connectivity index (χ3v) is 8.15. The van der Waals surface area contributed by atoms with Crippen LogP contribution in [0, 0.1) is 17.8 Å². The highest BCUT2D eigenvalue weighted by molar-refractivity contribution is 5.71. The third-order valence-electron chi connectivity index (χ3n) is 8.15. The molecule has 0 bridgehead atoms. The van der Waals surface area contributed by atoms with E-state index >= 15 is 0 Å². The molecule has 2 aliphatic heterocycles. The van der Waals surface area contributed by atoms with Gasteiger partial charge in [-0.25, -0.2) is 0 Å². The maximum Gasteiger partial charge on any atom is 0.416 e. The van der Waals surface area contributed by atoms with Gasteiger partial charge in [0, 0.05) is 25.6 Å². The minimum absolute atomic E-state index is 0.0455. The highest BCUT2D eigenvalue weighted by Crippen LogP contribution is 2.48. The molecule has 3 atom stereocenters. The van der Waals surface area contributed by atoms with Gasteiger partial charge in [-0.05, 0) is 78.5 Å². The summed E-state index contributed by atoms with van der Waals surface area (Å²) in [6, 6.07) is 7.50. The number of hydrogen-bond acceptors (Lipinski definition) is 3. The number of carboxylic acid groups (broad SMARTS) is 1. The largest absolute Gasteiger partial charge is 0.490 e. The monoisotopic (exact) mass is 541 g/mol. The van der Waals surface area contributed by atoms with Crippen molar-refractivity contribution in [2.24, 2.45) is 17.8 Å². The molecule has 38 heavy (non-hydrogen) atoms. The predicted molar refractivity (Wildman–Crippen MR) is 127 cm³/mol. The van der Waals surface area contributed by atoms with Gasteiger partial charge in [-0.3, -0.25) is 9.69 Å². The molecule has 2 fully saturated rings. The summed E-state index contributed by atoms with van der Waals surface area (Å²) in [5.41, 5.74) is -0.546. The molecule has 2 heterocycles. The van der Waals surface area contributed by atoms with Crippen LogP contribution in [0.3, 0.4) is 0 Å². The average Bonchev–Trinajstić information content (AvgIpc) is 3.64. The van der Waals surface area contributed by atoms with E-state index in [0.717, 1.165) is 42.6 Å². The molecule has 10 heteroatoms. The maximum atomic E-state index is 13.4. The number of likely N-dealkylation sites (tertiary alicyclic amines) is 1. The number of carbonyl (C=O) groups is 1. The third kappa shape index (κ3) is 5.51. The fourth-order valence-electron chi connectivity index (χ4n) is 5.92. The molecular formula is C28H29F6NO3. The summed E-state index contributed by atoms with van der Waals surface area (Å²) in [7, 11) is 0. The molecule has 0 aromatic heterocycles. The summed E-state index contributed by atoms with van der Waals surface area (Å²) in [5, 5.41) is 9.58. The summed E-state index contributed by atoms with van der Waals surface area (Å²) in [6.45, 7) is 2.35. The lowest BCUT2D eigenvalue weighted by molar-refractivity contribution is -0.142. The Kier molecular flexibility index (Phi) is 6.90. The number of aliphatic carboxylic acids is 1. The number of ether oxygens (including phenoxy) is 1. The van der Waals surface area contributed by atoms with E-state index in [1.165, 1.54) is 0 Å². The fraction of sp³-hybridized carbons (Fsp3) is 0.536. The summed E-state index contributed by atoms with van der Waals surface area (Å²) in [6.07, 6.45) is -6.11. The first-order valence-electron chi connectivity index (χ1n) is 12.8. The number of nitrogens with zero attached hydrogens (tertiary/aromatic N) is 1. The average molecular weight is 542 g/mol. The number of benzene rings is 2. The molecule has 5 rings (SSSR count). The zero-order valence-electron chi connectivity index (χ0n) is 20.8. The van der Waals surface area contributed by atoms with E-state index in [0.29, 0.717) is 37.2 Å². The predicted octanol–water partition coefficient (Wildman–Crippen LogP) is 6.76. The first-order chi connectivity index (χ1) is 17.8. The topological polar surface area (TPSA) is 49.8 Å². The summed E-state index contributed by atoms with van der Waals surface area (Å²) < 4.78 is 86.0. The van der Waals surface area contributed by atoms with Crippen LogP contribution >= 0.6 is 0 Å². The van der Waals surface area contributed by atoms with Gasteiger partial charge in [0.15, 0.2) is 0 Å². The van der Waals surface area contributed by atoms with E-state index in [1.807, 2.05) is 18.2 Å². The number of hydrogen-bond donors (Lipinski definition) is 1. The lowest BCUT2D eigenvalue weighted by Gasteiger charge is -2.45. The van der Waals surface area contributed by atoms with Crippen LogP contribution in [0.25, 0.3) is 0 Å². The van der Waals surface area contributed by atoms with Crippen molar-refractivity contribution in [1.82, 2.24) is 4.90 Å². The van der Waals surface area contributed by atoms with Crippen LogP contribution in [-0.2, 0) is 30.1 Å². The molecule has 206 valence electrons. The van der Waals surface area contributed by atoms with Crippen LogP contribution in [0.1, 0.15) is 59.9 Å². The Bertz CT molecular complexity index is 1200. The second-order valence-corrected chi connectivity index (χ2v) is 10.9. The molecule has 0 unspecified atom stereocenters. The van der Waals surface area contributed by atoms with Crippen LogP contribution in [0.5, 0.6) is 5.75 Å². The lowest BCUT2D eigenvalue weighted by atomic mass is 9.82. The minimum Gasteiger partial charge on any atom is -0.490 e.